The summed E-state index contributed by atoms with van der Waals surface area (Å²) in [4.78, 5) is 11.1. The molecule has 28 heavy (non-hydrogen) atoms. The van der Waals surface area contributed by atoms with Gasteiger partial charge in [-0.05, 0) is 38.8 Å². The lowest BCUT2D eigenvalue weighted by molar-refractivity contribution is 0.0683. The fraction of sp³-hybridized carbons (Fsp3) is 0.550. The van der Waals surface area contributed by atoms with Gasteiger partial charge < -0.3 is 24.8 Å². The Bertz CT molecular complexity index is 748. The van der Waals surface area contributed by atoms with E-state index in [9.17, 15) is 0 Å². The standard InChI is InChI=1S/C20H30N6O2/c1-4-27-15(2)19-24-18(28-25-19)13-22-20(21-3)23-16-9-8-12-26(14-16)17-10-6-5-7-11-17/h5-7,10-11,15-16H,4,8-9,12-14H2,1-3H3,(H2,21,22,23). The Kier molecular flexibility index (Phi) is 7.25. The van der Waals surface area contributed by atoms with Crippen LogP contribution in [0.1, 0.15) is 44.5 Å². The zero-order chi connectivity index (χ0) is 19.8. The molecule has 1 fully saturated rings. The van der Waals surface area contributed by atoms with Crippen molar-refractivity contribution >= 4 is 11.6 Å². The fourth-order valence-electron chi connectivity index (χ4n) is 3.35. The number of hydrogen-bond acceptors (Lipinski definition) is 6. The molecule has 2 unspecified atom stereocenters. The van der Waals surface area contributed by atoms with Crippen LogP contribution in [0.4, 0.5) is 5.69 Å². The summed E-state index contributed by atoms with van der Waals surface area (Å²) in [7, 11) is 1.77. The highest BCUT2D eigenvalue weighted by atomic mass is 16.5. The van der Waals surface area contributed by atoms with Gasteiger partial charge in [0.2, 0.25) is 5.89 Å². The van der Waals surface area contributed by atoms with E-state index in [-0.39, 0.29) is 6.10 Å². The Morgan fingerprint density at radius 3 is 2.96 bits per heavy atom. The van der Waals surface area contributed by atoms with Crippen molar-refractivity contribution in [2.24, 2.45) is 4.99 Å². The van der Waals surface area contributed by atoms with Gasteiger partial charge in [0.25, 0.3) is 0 Å². The highest BCUT2D eigenvalue weighted by Crippen LogP contribution is 2.19. The number of piperidine rings is 1. The molecule has 0 amide bonds. The molecule has 2 aromatic rings. The molecule has 0 saturated carbocycles. The van der Waals surface area contributed by atoms with Crippen LogP contribution in [0.2, 0.25) is 0 Å². The molecule has 8 heteroatoms. The average Bonchev–Trinajstić information content (AvgIpc) is 3.21. The summed E-state index contributed by atoms with van der Waals surface area (Å²) in [5.74, 6) is 1.81. The zero-order valence-corrected chi connectivity index (χ0v) is 16.9. The second-order valence-corrected chi connectivity index (χ2v) is 6.83. The van der Waals surface area contributed by atoms with Gasteiger partial charge in [0.15, 0.2) is 11.8 Å². The number of aromatic nitrogens is 2. The van der Waals surface area contributed by atoms with Crippen LogP contribution < -0.4 is 15.5 Å². The number of hydrogen-bond donors (Lipinski definition) is 2. The third kappa shape index (κ3) is 5.45. The van der Waals surface area contributed by atoms with E-state index in [4.69, 9.17) is 9.26 Å². The summed E-state index contributed by atoms with van der Waals surface area (Å²) < 4.78 is 10.8. The Labute approximate surface area is 166 Å². The Balaban J connectivity index is 1.50. The van der Waals surface area contributed by atoms with Gasteiger partial charge in [-0.2, -0.15) is 4.98 Å². The number of benzene rings is 1. The maximum atomic E-state index is 5.49. The molecule has 1 aliphatic heterocycles. The van der Waals surface area contributed by atoms with E-state index in [0.29, 0.717) is 30.9 Å². The Morgan fingerprint density at radius 2 is 2.21 bits per heavy atom. The van der Waals surface area contributed by atoms with Crippen molar-refractivity contribution in [2.45, 2.75) is 45.4 Å². The maximum Gasteiger partial charge on any atom is 0.246 e. The quantitative estimate of drug-likeness (QED) is 0.558. The van der Waals surface area contributed by atoms with Gasteiger partial charge >= 0.3 is 0 Å². The predicted molar refractivity (Wildman–Crippen MR) is 109 cm³/mol. The summed E-state index contributed by atoms with van der Waals surface area (Å²) in [6, 6.07) is 10.9. The molecule has 0 radical (unpaired) electrons. The highest BCUT2D eigenvalue weighted by Gasteiger charge is 2.21. The number of rotatable bonds is 7. The molecule has 1 aromatic heterocycles. The van der Waals surface area contributed by atoms with Crippen LogP contribution >= 0.6 is 0 Å². The minimum atomic E-state index is -0.175. The first-order valence-electron chi connectivity index (χ1n) is 9.90. The second kappa shape index (κ2) is 10.1. The molecule has 3 rings (SSSR count). The molecule has 1 aromatic carbocycles. The van der Waals surface area contributed by atoms with Gasteiger partial charge in [0, 0.05) is 38.5 Å². The van der Waals surface area contributed by atoms with E-state index in [1.807, 2.05) is 19.9 Å². The van der Waals surface area contributed by atoms with E-state index in [1.54, 1.807) is 7.05 Å². The third-order valence-corrected chi connectivity index (χ3v) is 4.78. The SMILES string of the molecule is CCOC(C)c1noc(CNC(=NC)NC2CCCN(c3ccccc3)C2)n1. The van der Waals surface area contributed by atoms with E-state index in [2.05, 4.69) is 54.9 Å². The first kappa shape index (κ1) is 20.1. The lowest BCUT2D eigenvalue weighted by atomic mass is 10.1. The maximum absolute atomic E-state index is 5.49. The molecule has 2 N–H and O–H groups in total. The monoisotopic (exact) mass is 386 g/mol. The molecule has 2 atom stereocenters. The van der Waals surface area contributed by atoms with E-state index in [0.717, 1.165) is 31.9 Å². The molecule has 1 aliphatic rings. The molecule has 0 bridgehead atoms. The van der Waals surface area contributed by atoms with Gasteiger partial charge in [0.1, 0.15) is 6.10 Å². The van der Waals surface area contributed by atoms with Crippen molar-refractivity contribution in [3.05, 3.63) is 42.0 Å². The van der Waals surface area contributed by atoms with E-state index < -0.39 is 0 Å². The van der Waals surface area contributed by atoms with Gasteiger partial charge in [-0.3, -0.25) is 4.99 Å². The predicted octanol–water partition coefficient (Wildman–Crippen LogP) is 2.50. The van der Waals surface area contributed by atoms with Crippen LogP contribution in [0.5, 0.6) is 0 Å². The zero-order valence-electron chi connectivity index (χ0n) is 16.9. The highest BCUT2D eigenvalue weighted by molar-refractivity contribution is 5.80. The number of ether oxygens (including phenoxy) is 1. The minimum absolute atomic E-state index is 0.175. The molecule has 0 aliphatic carbocycles. The van der Waals surface area contributed by atoms with Crippen molar-refractivity contribution in [3.8, 4) is 0 Å². The third-order valence-electron chi connectivity index (χ3n) is 4.78. The van der Waals surface area contributed by atoms with Crippen molar-refractivity contribution in [1.29, 1.82) is 0 Å². The van der Waals surface area contributed by atoms with E-state index in [1.165, 1.54) is 5.69 Å². The van der Waals surface area contributed by atoms with Crippen molar-refractivity contribution in [2.75, 3.05) is 31.6 Å². The lowest BCUT2D eigenvalue weighted by Gasteiger charge is -2.35. The number of anilines is 1. The van der Waals surface area contributed by atoms with Crippen LogP contribution in [0.15, 0.2) is 39.8 Å². The number of para-hydroxylation sites is 1. The van der Waals surface area contributed by atoms with Crippen molar-refractivity contribution < 1.29 is 9.26 Å². The van der Waals surface area contributed by atoms with Gasteiger partial charge in [-0.15, -0.1) is 0 Å². The van der Waals surface area contributed by atoms with Crippen LogP contribution in [0.25, 0.3) is 0 Å². The lowest BCUT2D eigenvalue weighted by Crippen LogP contribution is -2.51. The van der Waals surface area contributed by atoms with Crippen LogP contribution in [0.3, 0.4) is 0 Å². The average molecular weight is 387 g/mol. The first-order chi connectivity index (χ1) is 13.7. The number of aliphatic imine (C=N–C) groups is 1. The Morgan fingerprint density at radius 1 is 1.39 bits per heavy atom. The summed E-state index contributed by atoms with van der Waals surface area (Å²) >= 11 is 0. The topological polar surface area (TPSA) is 87.8 Å². The Hall–Kier alpha value is -2.61. The molecular weight excluding hydrogens is 356 g/mol. The van der Waals surface area contributed by atoms with Gasteiger partial charge in [0.05, 0.1) is 6.54 Å². The fourth-order valence-corrected chi connectivity index (χ4v) is 3.35. The number of nitrogens with zero attached hydrogens (tertiary/aromatic N) is 4. The molecule has 152 valence electrons. The van der Waals surface area contributed by atoms with E-state index >= 15 is 0 Å². The largest absolute Gasteiger partial charge is 0.371 e. The van der Waals surface area contributed by atoms with Crippen molar-refractivity contribution in [3.63, 3.8) is 0 Å². The second-order valence-electron chi connectivity index (χ2n) is 6.83. The molecule has 2 heterocycles. The van der Waals surface area contributed by atoms with Crippen LogP contribution in [-0.2, 0) is 11.3 Å². The van der Waals surface area contributed by atoms with Crippen molar-refractivity contribution in [1.82, 2.24) is 20.8 Å². The van der Waals surface area contributed by atoms with Gasteiger partial charge in [-0.1, -0.05) is 23.4 Å². The summed E-state index contributed by atoms with van der Waals surface area (Å²) in [5.41, 5.74) is 1.26. The molecule has 0 spiro atoms. The molecule has 1 saturated heterocycles. The van der Waals surface area contributed by atoms with Gasteiger partial charge in [-0.25, -0.2) is 0 Å². The summed E-state index contributed by atoms with van der Waals surface area (Å²) in [6.45, 7) is 6.91. The minimum Gasteiger partial charge on any atom is -0.371 e. The molecular formula is C20H30N6O2. The normalized spacial score (nSPS) is 18.8. The first-order valence-corrected chi connectivity index (χ1v) is 9.90. The molecule has 8 nitrogen and oxygen atoms in total. The smallest absolute Gasteiger partial charge is 0.246 e. The summed E-state index contributed by atoms with van der Waals surface area (Å²) in [6.07, 6.45) is 2.08. The summed E-state index contributed by atoms with van der Waals surface area (Å²) in [5, 5.41) is 10.7. The number of nitrogens with one attached hydrogen (secondary N) is 2. The number of guanidine groups is 1. The van der Waals surface area contributed by atoms with Crippen LogP contribution in [-0.4, -0.2) is 48.9 Å². The van der Waals surface area contributed by atoms with Crippen LogP contribution in [0, 0.1) is 0 Å².